The fraction of sp³-hybridized carbons (Fsp3) is 0.375. The molecule has 0 saturated heterocycles. The number of carbonyl (C=O) groups excluding carboxylic acids is 2. The Bertz CT molecular complexity index is 513. The van der Waals surface area contributed by atoms with Gasteiger partial charge in [-0.05, 0) is 38.8 Å². The molecule has 2 N–H and O–H groups in total. The molecule has 108 valence electrons. The highest BCUT2D eigenvalue weighted by atomic mass is 16.2. The van der Waals surface area contributed by atoms with E-state index in [0.29, 0.717) is 6.54 Å². The van der Waals surface area contributed by atoms with Crippen LogP contribution in [0.5, 0.6) is 0 Å². The number of carbonyl (C=O) groups is 2. The number of para-hydroxylation sites is 1. The van der Waals surface area contributed by atoms with Crippen molar-refractivity contribution in [2.75, 3.05) is 11.9 Å². The van der Waals surface area contributed by atoms with Gasteiger partial charge in [0.1, 0.15) is 5.41 Å². The van der Waals surface area contributed by atoms with E-state index in [9.17, 15) is 9.59 Å². The number of rotatable bonds is 5. The first-order chi connectivity index (χ1) is 9.30. The fourth-order valence-corrected chi connectivity index (χ4v) is 1.77. The first-order valence-electron chi connectivity index (χ1n) is 6.57. The molecule has 1 aromatic carbocycles. The van der Waals surface area contributed by atoms with Gasteiger partial charge >= 0.3 is 0 Å². The number of benzene rings is 1. The van der Waals surface area contributed by atoms with Crippen LogP contribution in [0.4, 0.5) is 5.69 Å². The molecule has 0 radical (unpaired) electrons. The lowest BCUT2D eigenvalue weighted by molar-refractivity contribution is -0.138. The molecule has 0 bridgehead atoms. The van der Waals surface area contributed by atoms with Crippen LogP contribution >= 0.6 is 0 Å². The standard InChI is InChI=1S/C16H22N2O2/c1-6-10-17-14(19)16(4,5)15(20)18-13-11(2)8-7-9-12(13)3/h6-9H,1,10H2,2-5H3,(H,17,19)(H,18,20). The maximum atomic E-state index is 12.3. The zero-order valence-electron chi connectivity index (χ0n) is 12.5. The van der Waals surface area contributed by atoms with Gasteiger partial charge < -0.3 is 10.6 Å². The van der Waals surface area contributed by atoms with Crippen molar-refractivity contribution in [3.63, 3.8) is 0 Å². The van der Waals surface area contributed by atoms with E-state index in [1.54, 1.807) is 19.9 Å². The molecule has 1 aromatic rings. The third-order valence-corrected chi connectivity index (χ3v) is 3.26. The molecule has 0 saturated carbocycles. The third-order valence-electron chi connectivity index (χ3n) is 3.26. The Labute approximate surface area is 120 Å². The summed E-state index contributed by atoms with van der Waals surface area (Å²) < 4.78 is 0. The summed E-state index contributed by atoms with van der Waals surface area (Å²) in [6.45, 7) is 10.9. The van der Waals surface area contributed by atoms with E-state index in [4.69, 9.17) is 0 Å². The molecule has 0 aliphatic rings. The molecule has 1 rings (SSSR count). The van der Waals surface area contributed by atoms with Crippen LogP contribution < -0.4 is 10.6 Å². The quantitative estimate of drug-likeness (QED) is 0.640. The van der Waals surface area contributed by atoms with E-state index >= 15 is 0 Å². The number of aryl methyl sites for hydroxylation is 2. The molecule has 20 heavy (non-hydrogen) atoms. The SMILES string of the molecule is C=CCNC(=O)C(C)(C)C(=O)Nc1c(C)cccc1C. The van der Waals surface area contributed by atoms with Crippen molar-refractivity contribution in [1.82, 2.24) is 5.32 Å². The summed E-state index contributed by atoms with van der Waals surface area (Å²) in [5, 5.41) is 5.50. The van der Waals surface area contributed by atoms with Gasteiger partial charge in [0.05, 0.1) is 0 Å². The summed E-state index contributed by atoms with van der Waals surface area (Å²) in [5.74, 6) is -0.641. The average molecular weight is 274 g/mol. The molecule has 0 unspecified atom stereocenters. The van der Waals surface area contributed by atoms with Gasteiger partial charge in [0.15, 0.2) is 0 Å². The molecule has 0 aliphatic carbocycles. The molecule has 4 heteroatoms. The summed E-state index contributed by atoms with van der Waals surface area (Å²) in [6.07, 6.45) is 1.58. The number of nitrogens with one attached hydrogen (secondary N) is 2. The van der Waals surface area contributed by atoms with Gasteiger partial charge in [0.2, 0.25) is 11.8 Å². The van der Waals surface area contributed by atoms with Crippen molar-refractivity contribution in [3.8, 4) is 0 Å². The summed E-state index contributed by atoms with van der Waals surface area (Å²) in [7, 11) is 0. The molecule has 0 spiro atoms. The lowest BCUT2D eigenvalue weighted by Gasteiger charge is -2.23. The van der Waals surface area contributed by atoms with Gasteiger partial charge in [-0.25, -0.2) is 0 Å². The first kappa shape index (κ1) is 16.0. The van der Waals surface area contributed by atoms with Gasteiger partial charge in [-0.2, -0.15) is 0 Å². The van der Waals surface area contributed by atoms with Gasteiger partial charge in [-0.3, -0.25) is 9.59 Å². The Morgan fingerprint density at radius 1 is 1.20 bits per heavy atom. The van der Waals surface area contributed by atoms with Crippen LogP contribution in [0.3, 0.4) is 0 Å². The van der Waals surface area contributed by atoms with Crippen molar-refractivity contribution in [1.29, 1.82) is 0 Å². The van der Waals surface area contributed by atoms with E-state index in [-0.39, 0.29) is 11.8 Å². The van der Waals surface area contributed by atoms with Crippen LogP contribution in [-0.2, 0) is 9.59 Å². The largest absolute Gasteiger partial charge is 0.352 e. The Kier molecular flexibility index (Phi) is 5.08. The molecular formula is C16H22N2O2. The smallest absolute Gasteiger partial charge is 0.239 e. The van der Waals surface area contributed by atoms with Gasteiger partial charge in [-0.15, -0.1) is 6.58 Å². The molecule has 4 nitrogen and oxygen atoms in total. The van der Waals surface area contributed by atoms with Crippen molar-refractivity contribution < 1.29 is 9.59 Å². The van der Waals surface area contributed by atoms with Crippen molar-refractivity contribution in [3.05, 3.63) is 42.0 Å². The lowest BCUT2D eigenvalue weighted by Crippen LogP contribution is -2.45. The van der Waals surface area contributed by atoms with Gasteiger partial charge in [0.25, 0.3) is 0 Å². The van der Waals surface area contributed by atoms with Crippen LogP contribution in [0, 0.1) is 19.3 Å². The van der Waals surface area contributed by atoms with E-state index in [1.807, 2.05) is 32.0 Å². The van der Waals surface area contributed by atoms with Crippen LogP contribution in [0.15, 0.2) is 30.9 Å². The second-order valence-electron chi connectivity index (χ2n) is 5.34. The zero-order valence-corrected chi connectivity index (χ0v) is 12.5. The monoisotopic (exact) mass is 274 g/mol. The number of hydrogen-bond acceptors (Lipinski definition) is 2. The van der Waals surface area contributed by atoms with Crippen molar-refractivity contribution in [2.24, 2.45) is 5.41 Å². The molecule has 0 fully saturated rings. The van der Waals surface area contributed by atoms with Crippen LogP contribution in [0.1, 0.15) is 25.0 Å². The van der Waals surface area contributed by atoms with E-state index in [2.05, 4.69) is 17.2 Å². The molecule has 0 atom stereocenters. The predicted molar refractivity (Wildman–Crippen MR) is 81.5 cm³/mol. The van der Waals surface area contributed by atoms with Gasteiger partial charge in [-0.1, -0.05) is 24.3 Å². The second kappa shape index (κ2) is 6.37. The first-order valence-corrected chi connectivity index (χ1v) is 6.57. The highest BCUT2D eigenvalue weighted by Gasteiger charge is 2.36. The number of amides is 2. The maximum Gasteiger partial charge on any atom is 0.239 e. The topological polar surface area (TPSA) is 58.2 Å². The van der Waals surface area contributed by atoms with E-state index in [0.717, 1.165) is 16.8 Å². The number of hydrogen-bond donors (Lipinski definition) is 2. The van der Waals surface area contributed by atoms with Crippen molar-refractivity contribution >= 4 is 17.5 Å². The van der Waals surface area contributed by atoms with Gasteiger partial charge in [0, 0.05) is 12.2 Å². The van der Waals surface area contributed by atoms with Crippen LogP contribution in [0.25, 0.3) is 0 Å². The fourth-order valence-electron chi connectivity index (χ4n) is 1.77. The summed E-state index contributed by atoms with van der Waals surface area (Å²) in [6, 6.07) is 5.78. The second-order valence-corrected chi connectivity index (χ2v) is 5.34. The Morgan fingerprint density at radius 2 is 1.75 bits per heavy atom. The predicted octanol–water partition coefficient (Wildman–Crippen LogP) is 2.57. The van der Waals surface area contributed by atoms with Crippen LogP contribution in [-0.4, -0.2) is 18.4 Å². The Balaban J connectivity index is 2.89. The minimum absolute atomic E-state index is 0.318. The maximum absolute atomic E-state index is 12.3. The molecule has 0 heterocycles. The minimum Gasteiger partial charge on any atom is -0.352 e. The zero-order chi connectivity index (χ0) is 15.3. The summed E-state index contributed by atoms with van der Waals surface area (Å²) >= 11 is 0. The molecule has 2 amide bonds. The number of anilines is 1. The Morgan fingerprint density at radius 3 is 2.25 bits per heavy atom. The van der Waals surface area contributed by atoms with Crippen LogP contribution in [0.2, 0.25) is 0 Å². The molecule has 0 aromatic heterocycles. The lowest BCUT2D eigenvalue weighted by atomic mass is 9.90. The minimum atomic E-state index is -1.14. The summed E-state index contributed by atoms with van der Waals surface area (Å²) in [4.78, 5) is 24.4. The van der Waals surface area contributed by atoms with E-state index in [1.165, 1.54) is 0 Å². The Hall–Kier alpha value is -2.10. The average Bonchev–Trinajstić information content (AvgIpc) is 2.39. The highest BCUT2D eigenvalue weighted by molar-refractivity contribution is 6.10. The van der Waals surface area contributed by atoms with Crippen molar-refractivity contribution in [2.45, 2.75) is 27.7 Å². The summed E-state index contributed by atoms with van der Waals surface area (Å²) in [5.41, 5.74) is 1.57. The normalized spacial score (nSPS) is 10.8. The highest BCUT2D eigenvalue weighted by Crippen LogP contribution is 2.23. The van der Waals surface area contributed by atoms with E-state index < -0.39 is 5.41 Å². The molecular weight excluding hydrogens is 252 g/mol. The third kappa shape index (κ3) is 3.47. The molecule has 0 aliphatic heterocycles.